The highest BCUT2D eigenvalue weighted by atomic mass is 32.2. The van der Waals surface area contributed by atoms with Crippen molar-refractivity contribution in [3.8, 4) is 0 Å². The Bertz CT molecular complexity index is 745. The van der Waals surface area contributed by atoms with Gasteiger partial charge in [0.1, 0.15) is 9.79 Å². The van der Waals surface area contributed by atoms with E-state index < -0.39 is 26.1 Å². The fraction of sp³-hybridized carbons (Fsp3) is 0.538. The molecule has 0 bridgehead atoms. The summed E-state index contributed by atoms with van der Waals surface area (Å²) in [6.07, 6.45) is 0.630. The van der Waals surface area contributed by atoms with Crippen LogP contribution in [0.25, 0.3) is 0 Å². The Hall–Kier alpha value is -1.00. The lowest BCUT2D eigenvalue weighted by atomic mass is 10.0. The van der Waals surface area contributed by atoms with Crippen LogP contribution < -0.4 is 4.72 Å². The zero-order chi connectivity index (χ0) is 16.5. The van der Waals surface area contributed by atoms with Gasteiger partial charge in [-0.25, -0.2) is 21.6 Å². The van der Waals surface area contributed by atoms with Gasteiger partial charge in [0.2, 0.25) is 20.0 Å². The molecule has 1 fully saturated rings. The molecule has 2 N–H and O–H groups in total. The fourth-order valence-electron chi connectivity index (χ4n) is 2.66. The monoisotopic (exact) mass is 348 g/mol. The summed E-state index contributed by atoms with van der Waals surface area (Å²) in [5.41, 5.74) is 0. The van der Waals surface area contributed by atoms with E-state index >= 15 is 0 Å². The molecule has 2 rings (SSSR count). The second kappa shape index (κ2) is 6.25. The molecule has 0 aromatic heterocycles. The molecule has 1 aromatic carbocycles. The zero-order valence-electron chi connectivity index (χ0n) is 12.4. The molecule has 9 heteroatoms. The molecule has 0 spiro atoms. The zero-order valence-corrected chi connectivity index (χ0v) is 14.1. The first-order valence-corrected chi connectivity index (χ1v) is 9.83. The predicted molar refractivity (Wildman–Crippen MR) is 81.2 cm³/mol. The van der Waals surface area contributed by atoms with Crippen LogP contribution in [0, 0.1) is 5.92 Å². The second-order valence-electron chi connectivity index (χ2n) is 5.29. The lowest BCUT2D eigenvalue weighted by Crippen LogP contribution is -2.40. The number of benzene rings is 1. The Labute approximate surface area is 131 Å². The minimum absolute atomic E-state index is 0.0212. The summed E-state index contributed by atoms with van der Waals surface area (Å²) in [7, 11) is -6.67. The van der Waals surface area contributed by atoms with Gasteiger partial charge in [0.25, 0.3) is 0 Å². The second-order valence-corrected chi connectivity index (χ2v) is 9.00. The number of hydrogen-bond donors (Lipinski definition) is 2. The summed E-state index contributed by atoms with van der Waals surface area (Å²) in [5.74, 6) is 0.0212. The van der Waals surface area contributed by atoms with E-state index in [9.17, 15) is 21.9 Å². The Morgan fingerprint density at radius 2 is 1.82 bits per heavy atom. The minimum Gasteiger partial charge on any atom is -0.395 e. The summed E-state index contributed by atoms with van der Waals surface area (Å²) < 4.78 is 53.2. The maximum absolute atomic E-state index is 12.9. The lowest BCUT2D eigenvalue weighted by Gasteiger charge is -2.25. The van der Waals surface area contributed by atoms with Crippen molar-refractivity contribution in [3.63, 3.8) is 0 Å². The summed E-state index contributed by atoms with van der Waals surface area (Å²) in [6.45, 7) is 1.84. The quantitative estimate of drug-likeness (QED) is 0.779. The van der Waals surface area contributed by atoms with Gasteiger partial charge in [-0.1, -0.05) is 19.1 Å². The molecule has 1 aliphatic heterocycles. The first kappa shape index (κ1) is 17.4. The van der Waals surface area contributed by atoms with Crippen LogP contribution in [0.1, 0.15) is 13.3 Å². The molecule has 0 unspecified atom stereocenters. The van der Waals surface area contributed by atoms with Gasteiger partial charge < -0.3 is 5.11 Å². The number of aliphatic hydroxyl groups excluding tert-OH is 1. The van der Waals surface area contributed by atoms with Crippen LogP contribution in [0.3, 0.4) is 0 Å². The normalized spacial score (nSPS) is 23.8. The molecule has 7 nitrogen and oxygen atoms in total. The molecule has 1 saturated heterocycles. The molecule has 0 radical (unpaired) electrons. The van der Waals surface area contributed by atoms with Crippen molar-refractivity contribution < 1.29 is 21.9 Å². The van der Waals surface area contributed by atoms with Crippen LogP contribution in [-0.4, -0.2) is 52.5 Å². The summed E-state index contributed by atoms with van der Waals surface area (Å²) in [5, 5.41) is 9.46. The van der Waals surface area contributed by atoms with Gasteiger partial charge in [-0.15, -0.1) is 0 Å². The number of hydrogen-bond acceptors (Lipinski definition) is 5. The molecule has 124 valence electrons. The number of rotatable bonds is 5. The predicted octanol–water partition coefficient (Wildman–Crippen LogP) is -0.0139. The van der Waals surface area contributed by atoms with E-state index in [1.165, 1.54) is 35.6 Å². The fourth-order valence-corrected chi connectivity index (χ4v) is 5.92. The van der Waals surface area contributed by atoms with E-state index in [1.54, 1.807) is 0 Å². The maximum Gasteiger partial charge on any atom is 0.244 e. The average molecular weight is 348 g/mol. The Morgan fingerprint density at radius 1 is 1.23 bits per heavy atom. The van der Waals surface area contributed by atoms with E-state index in [0.717, 1.165) is 0 Å². The third kappa shape index (κ3) is 2.91. The SMILES string of the molecule is CNS(=O)(=O)c1ccccc1S(=O)(=O)N1CC[C@H](C)[C@@H]1CO. The first-order chi connectivity index (χ1) is 10.3. The van der Waals surface area contributed by atoms with Crippen LogP contribution in [0.5, 0.6) is 0 Å². The first-order valence-electron chi connectivity index (χ1n) is 6.91. The maximum atomic E-state index is 12.9. The van der Waals surface area contributed by atoms with Gasteiger partial charge in [0.05, 0.1) is 12.6 Å². The molecule has 1 aromatic rings. The van der Waals surface area contributed by atoms with Crippen LogP contribution in [0.15, 0.2) is 34.1 Å². The van der Waals surface area contributed by atoms with Crippen molar-refractivity contribution in [2.75, 3.05) is 20.2 Å². The molecular formula is C13H20N2O5S2. The smallest absolute Gasteiger partial charge is 0.244 e. The van der Waals surface area contributed by atoms with Crippen LogP contribution in [0.2, 0.25) is 0 Å². The number of nitrogens with one attached hydrogen (secondary N) is 1. The Kier molecular flexibility index (Phi) is 4.93. The topological polar surface area (TPSA) is 104 Å². The highest BCUT2D eigenvalue weighted by molar-refractivity contribution is 7.92. The molecule has 0 amide bonds. The molecule has 1 aliphatic rings. The van der Waals surface area contributed by atoms with E-state index in [1.807, 2.05) is 6.92 Å². The van der Waals surface area contributed by atoms with Crippen molar-refractivity contribution in [2.24, 2.45) is 5.92 Å². The molecule has 0 aliphatic carbocycles. The summed E-state index contributed by atoms with van der Waals surface area (Å²) in [6, 6.07) is 4.95. The van der Waals surface area contributed by atoms with Crippen molar-refractivity contribution in [2.45, 2.75) is 29.2 Å². The van der Waals surface area contributed by atoms with Crippen molar-refractivity contribution in [1.29, 1.82) is 0 Å². The van der Waals surface area contributed by atoms with Crippen molar-refractivity contribution in [1.82, 2.24) is 9.03 Å². The van der Waals surface area contributed by atoms with Crippen molar-refractivity contribution >= 4 is 20.0 Å². The lowest BCUT2D eigenvalue weighted by molar-refractivity contribution is 0.191. The van der Waals surface area contributed by atoms with Gasteiger partial charge in [-0.2, -0.15) is 4.31 Å². The molecule has 1 heterocycles. The highest BCUT2D eigenvalue weighted by Crippen LogP contribution is 2.32. The molecule has 2 atom stereocenters. The van der Waals surface area contributed by atoms with E-state index in [4.69, 9.17) is 0 Å². The number of sulfonamides is 2. The van der Waals surface area contributed by atoms with E-state index in [-0.39, 0.29) is 28.9 Å². The van der Waals surface area contributed by atoms with Gasteiger partial charge in [-0.05, 0) is 31.5 Å². The summed E-state index contributed by atoms with van der Waals surface area (Å²) >= 11 is 0. The standard InChI is InChI=1S/C13H20N2O5S2/c1-10-7-8-15(11(10)9-16)22(19,20)13-6-4-3-5-12(13)21(17,18)14-2/h3-6,10-11,14,16H,7-9H2,1-2H3/t10-,11-/m0/s1. The van der Waals surface area contributed by atoms with Gasteiger partial charge >= 0.3 is 0 Å². The summed E-state index contributed by atoms with van der Waals surface area (Å²) in [4.78, 5) is -0.550. The van der Waals surface area contributed by atoms with Gasteiger partial charge in [-0.3, -0.25) is 0 Å². The third-order valence-electron chi connectivity index (χ3n) is 4.01. The minimum atomic E-state index is -4.00. The van der Waals surface area contributed by atoms with Crippen molar-refractivity contribution in [3.05, 3.63) is 24.3 Å². The number of aliphatic hydroxyl groups is 1. The molecule has 22 heavy (non-hydrogen) atoms. The van der Waals surface area contributed by atoms with Crippen LogP contribution in [0.4, 0.5) is 0 Å². The van der Waals surface area contributed by atoms with Crippen LogP contribution >= 0.6 is 0 Å². The van der Waals surface area contributed by atoms with E-state index in [0.29, 0.717) is 6.42 Å². The number of nitrogens with zero attached hydrogens (tertiary/aromatic N) is 1. The van der Waals surface area contributed by atoms with Gasteiger partial charge in [0, 0.05) is 6.54 Å². The Morgan fingerprint density at radius 3 is 2.36 bits per heavy atom. The Balaban J connectivity index is 2.57. The molecule has 0 saturated carbocycles. The molecular weight excluding hydrogens is 328 g/mol. The third-order valence-corrected chi connectivity index (χ3v) is 7.60. The average Bonchev–Trinajstić information content (AvgIpc) is 2.88. The van der Waals surface area contributed by atoms with E-state index in [2.05, 4.69) is 4.72 Å². The highest BCUT2D eigenvalue weighted by Gasteiger charge is 2.40. The van der Waals surface area contributed by atoms with Gasteiger partial charge in [0.15, 0.2) is 0 Å². The largest absolute Gasteiger partial charge is 0.395 e. The van der Waals surface area contributed by atoms with Crippen LogP contribution in [-0.2, 0) is 20.0 Å².